The number of rotatable bonds is 4. The van der Waals surface area contributed by atoms with Gasteiger partial charge in [-0.15, -0.1) is 0 Å². The van der Waals surface area contributed by atoms with Crippen molar-refractivity contribution < 1.29 is 13.2 Å². The van der Waals surface area contributed by atoms with Crippen molar-refractivity contribution in [2.45, 2.75) is 25.8 Å². The van der Waals surface area contributed by atoms with Gasteiger partial charge in [-0.1, -0.05) is 0 Å². The Kier molecular flexibility index (Phi) is 3.49. The average Bonchev–Trinajstić information content (AvgIpc) is 2.32. The van der Waals surface area contributed by atoms with Crippen molar-refractivity contribution in [2.24, 2.45) is 0 Å². The molecule has 5 nitrogen and oxygen atoms in total. The van der Waals surface area contributed by atoms with E-state index in [1.54, 1.807) is 11.8 Å². The number of likely N-dealkylation sites (tertiary alicyclic amines) is 1. The number of amides is 1. The van der Waals surface area contributed by atoms with E-state index in [0.717, 1.165) is 19.2 Å². The molecule has 1 aliphatic heterocycles. The van der Waals surface area contributed by atoms with Crippen LogP contribution in [0.2, 0.25) is 0 Å². The van der Waals surface area contributed by atoms with E-state index < -0.39 is 10.0 Å². The second-order valence-electron chi connectivity index (χ2n) is 3.73. The van der Waals surface area contributed by atoms with Crippen LogP contribution in [0, 0.1) is 0 Å². The predicted molar refractivity (Wildman–Crippen MR) is 53.3 cm³/mol. The van der Waals surface area contributed by atoms with Crippen molar-refractivity contribution in [2.75, 3.05) is 19.3 Å². The Bertz CT molecular complexity index is 313. The zero-order valence-corrected chi connectivity index (χ0v) is 9.30. The summed E-state index contributed by atoms with van der Waals surface area (Å²) in [6.45, 7) is 2.97. The third-order valence-corrected chi connectivity index (χ3v) is 2.91. The SMILES string of the molecule is CC(CN1CCCC1=O)NS(C)(=O)=O. The molecule has 1 amide bonds. The van der Waals surface area contributed by atoms with Gasteiger partial charge in [0.25, 0.3) is 0 Å². The highest BCUT2D eigenvalue weighted by molar-refractivity contribution is 7.88. The summed E-state index contributed by atoms with van der Waals surface area (Å²) >= 11 is 0. The first-order chi connectivity index (χ1) is 6.38. The fourth-order valence-corrected chi connectivity index (χ4v) is 2.44. The molecule has 0 radical (unpaired) electrons. The van der Waals surface area contributed by atoms with Crippen LogP contribution in [0.3, 0.4) is 0 Å². The molecular weight excluding hydrogens is 204 g/mol. The smallest absolute Gasteiger partial charge is 0.222 e. The summed E-state index contributed by atoms with van der Waals surface area (Å²) in [4.78, 5) is 12.9. The maximum absolute atomic E-state index is 11.2. The topological polar surface area (TPSA) is 66.5 Å². The molecule has 1 fully saturated rings. The molecule has 1 unspecified atom stereocenters. The van der Waals surface area contributed by atoms with Crippen molar-refractivity contribution in [1.29, 1.82) is 0 Å². The number of nitrogens with zero attached hydrogens (tertiary/aromatic N) is 1. The molecule has 14 heavy (non-hydrogen) atoms. The fraction of sp³-hybridized carbons (Fsp3) is 0.875. The van der Waals surface area contributed by atoms with Crippen LogP contribution in [0.5, 0.6) is 0 Å². The van der Waals surface area contributed by atoms with Gasteiger partial charge in [0.2, 0.25) is 15.9 Å². The van der Waals surface area contributed by atoms with E-state index in [0.29, 0.717) is 13.0 Å². The van der Waals surface area contributed by atoms with Gasteiger partial charge >= 0.3 is 0 Å². The molecule has 0 aromatic rings. The highest BCUT2D eigenvalue weighted by Crippen LogP contribution is 2.09. The molecule has 1 atom stereocenters. The normalized spacial score (nSPS) is 20.1. The number of hydrogen-bond acceptors (Lipinski definition) is 3. The summed E-state index contributed by atoms with van der Waals surface area (Å²) in [7, 11) is -3.17. The molecule has 0 aliphatic carbocycles. The molecule has 1 N–H and O–H groups in total. The fourth-order valence-electron chi connectivity index (χ4n) is 1.63. The summed E-state index contributed by atoms with van der Waals surface area (Å²) in [6, 6.07) is -0.216. The number of hydrogen-bond donors (Lipinski definition) is 1. The van der Waals surface area contributed by atoms with Crippen molar-refractivity contribution in [1.82, 2.24) is 9.62 Å². The Labute approximate surface area is 84.5 Å². The molecule has 1 saturated heterocycles. The zero-order chi connectivity index (χ0) is 10.8. The van der Waals surface area contributed by atoms with E-state index >= 15 is 0 Å². The maximum Gasteiger partial charge on any atom is 0.222 e. The van der Waals surface area contributed by atoms with E-state index in [4.69, 9.17) is 0 Å². The van der Waals surface area contributed by atoms with Crippen molar-refractivity contribution in [3.8, 4) is 0 Å². The molecular formula is C8H16N2O3S. The molecule has 0 spiro atoms. The van der Waals surface area contributed by atoms with Crippen LogP contribution in [-0.4, -0.2) is 44.6 Å². The molecule has 6 heteroatoms. The first kappa shape index (κ1) is 11.5. The number of nitrogens with one attached hydrogen (secondary N) is 1. The lowest BCUT2D eigenvalue weighted by molar-refractivity contribution is -0.127. The number of carbonyl (C=O) groups excluding carboxylic acids is 1. The molecule has 1 heterocycles. The monoisotopic (exact) mass is 220 g/mol. The second-order valence-corrected chi connectivity index (χ2v) is 5.51. The lowest BCUT2D eigenvalue weighted by atomic mass is 10.3. The Morgan fingerprint density at radius 2 is 2.21 bits per heavy atom. The van der Waals surface area contributed by atoms with Crippen LogP contribution in [0.4, 0.5) is 0 Å². The molecule has 0 bridgehead atoms. The minimum Gasteiger partial charge on any atom is -0.341 e. The first-order valence-corrected chi connectivity index (χ1v) is 6.53. The van der Waals surface area contributed by atoms with Gasteiger partial charge in [-0.2, -0.15) is 0 Å². The number of carbonyl (C=O) groups is 1. The minimum absolute atomic E-state index is 0.118. The highest BCUT2D eigenvalue weighted by Gasteiger charge is 2.22. The van der Waals surface area contributed by atoms with E-state index in [2.05, 4.69) is 4.72 Å². The first-order valence-electron chi connectivity index (χ1n) is 4.63. The van der Waals surface area contributed by atoms with E-state index in [-0.39, 0.29) is 11.9 Å². The van der Waals surface area contributed by atoms with Crippen LogP contribution in [0.25, 0.3) is 0 Å². The second kappa shape index (κ2) is 4.27. The molecule has 82 valence electrons. The molecule has 0 saturated carbocycles. The Morgan fingerprint density at radius 1 is 1.57 bits per heavy atom. The summed E-state index contributed by atoms with van der Waals surface area (Å²) in [5.41, 5.74) is 0. The largest absolute Gasteiger partial charge is 0.341 e. The van der Waals surface area contributed by atoms with Gasteiger partial charge < -0.3 is 4.90 Å². The lowest BCUT2D eigenvalue weighted by Crippen LogP contribution is -2.41. The lowest BCUT2D eigenvalue weighted by Gasteiger charge is -2.20. The third-order valence-electron chi connectivity index (χ3n) is 2.08. The molecule has 1 aliphatic rings. The summed E-state index contributed by atoms with van der Waals surface area (Å²) in [6.07, 6.45) is 2.59. The van der Waals surface area contributed by atoms with Gasteiger partial charge in [0.15, 0.2) is 0 Å². The summed E-state index contributed by atoms with van der Waals surface area (Å²) in [5.74, 6) is 0.118. The van der Waals surface area contributed by atoms with E-state index in [1.807, 2.05) is 0 Å². The quantitative estimate of drug-likeness (QED) is 0.697. The van der Waals surface area contributed by atoms with Crippen LogP contribution < -0.4 is 4.72 Å². The standard InChI is InChI=1S/C8H16N2O3S/c1-7(9-14(2,12)13)6-10-5-3-4-8(10)11/h7,9H,3-6H2,1-2H3. The Morgan fingerprint density at radius 3 is 2.64 bits per heavy atom. The van der Waals surface area contributed by atoms with Gasteiger partial charge in [0, 0.05) is 25.6 Å². The molecule has 0 aromatic heterocycles. The Hall–Kier alpha value is -0.620. The minimum atomic E-state index is -3.17. The van der Waals surface area contributed by atoms with Crippen LogP contribution in [-0.2, 0) is 14.8 Å². The third kappa shape index (κ3) is 3.63. The van der Waals surface area contributed by atoms with Crippen molar-refractivity contribution >= 4 is 15.9 Å². The van der Waals surface area contributed by atoms with Crippen LogP contribution in [0.1, 0.15) is 19.8 Å². The van der Waals surface area contributed by atoms with Gasteiger partial charge in [0.05, 0.1) is 6.26 Å². The summed E-state index contributed by atoms with van der Waals surface area (Å²) in [5, 5.41) is 0. The van der Waals surface area contributed by atoms with Crippen LogP contribution in [0.15, 0.2) is 0 Å². The molecule has 1 rings (SSSR count). The van der Waals surface area contributed by atoms with Gasteiger partial charge in [0.1, 0.15) is 0 Å². The van der Waals surface area contributed by atoms with Gasteiger partial charge in [-0.05, 0) is 13.3 Å². The van der Waals surface area contributed by atoms with E-state index in [9.17, 15) is 13.2 Å². The average molecular weight is 220 g/mol. The van der Waals surface area contributed by atoms with Crippen molar-refractivity contribution in [3.63, 3.8) is 0 Å². The van der Waals surface area contributed by atoms with E-state index in [1.165, 1.54) is 0 Å². The summed E-state index contributed by atoms with van der Waals surface area (Å²) < 4.78 is 24.2. The Balaban J connectivity index is 2.40. The molecule has 0 aromatic carbocycles. The highest BCUT2D eigenvalue weighted by atomic mass is 32.2. The van der Waals surface area contributed by atoms with Gasteiger partial charge in [-0.25, -0.2) is 13.1 Å². The predicted octanol–water partition coefficient (Wildman–Crippen LogP) is -0.453. The van der Waals surface area contributed by atoms with Crippen molar-refractivity contribution in [3.05, 3.63) is 0 Å². The van der Waals surface area contributed by atoms with Gasteiger partial charge in [-0.3, -0.25) is 4.79 Å². The number of sulfonamides is 1. The zero-order valence-electron chi connectivity index (χ0n) is 8.49. The van der Waals surface area contributed by atoms with Crippen LogP contribution >= 0.6 is 0 Å². The maximum atomic E-state index is 11.2.